The lowest BCUT2D eigenvalue weighted by molar-refractivity contribution is 0.0606. The Bertz CT molecular complexity index is 263. The first-order valence-corrected chi connectivity index (χ1v) is 7.75. The van der Waals surface area contributed by atoms with E-state index < -0.39 is 5.60 Å². The highest BCUT2D eigenvalue weighted by Gasteiger charge is 2.27. The van der Waals surface area contributed by atoms with E-state index in [9.17, 15) is 5.11 Å². The SMILES string of the molecule is CCCCCCCCCCC1C=CC=CC1(C)O. The van der Waals surface area contributed by atoms with Gasteiger partial charge in [-0.05, 0) is 13.3 Å². The van der Waals surface area contributed by atoms with Crippen molar-refractivity contribution in [2.24, 2.45) is 5.92 Å². The highest BCUT2D eigenvalue weighted by Crippen LogP contribution is 2.28. The van der Waals surface area contributed by atoms with Gasteiger partial charge in [0, 0.05) is 5.92 Å². The van der Waals surface area contributed by atoms with Crippen molar-refractivity contribution in [1.29, 1.82) is 0 Å². The van der Waals surface area contributed by atoms with Crippen LogP contribution >= 0.6 is 0 Å². The van der Waals surface area contributed by atoms with Crippen molar-refractivity contribution in [1.82, 2.24) is 0 Å². The summed E-state index contributed by atoms with van der Waals surface area (Å²) in [6.45, 7) is 4.18. The van der Waals surface area contributed by atoms with Gasteiger partial charge in [0.25, 0.3) is 0 Å². The van der Waals surface area contributed by atoms with E-state index in [1.807, 2.05) is 19.1 Å². The summed E-state index contributed by atoms with van der Waals surface area (Å²) in [5.74, 6) is 0.308. The highest BCUT2D eigenvalue weighted by atomic mass is 16.3. The van der Waals surface area contributed by atoms with Gasteiger partial charge in [0.2, 0.25) is 0 Å². The summed E-state index contributed by atoms with van der Waals surface area (Å²) < 4.78 is 0. The molecule has 1 aliphatic rings. The molecule has 0 aromatic carbocycles. The summed E-state index contributed by atoms with van der Waals surface area (Å²) in [5, 5.41) is 10.2. The number of unbranched alkanes of at least 4 members (excludes halogenated alkanes) is 7. The van der Waals surface area contributed by atoms with Crippen LogP contribution < -0.4 is 0 Å². The fourth-order valence-corrected chi connectivity index (χ4v) is 2.65. The van der Waals surface area contributed by atoms with E-state index in [0.717, 1.165) is 6.42 Å². The van der Waals surface area contributed by atoms with Gasteiger partial charge in [-0.3, -0.25) is 0 Å². The predicted molar refractivity (Wildman–Crippen MR) is 79.6 cm³/mol. The van der Waals surface area contributed by atoms with Crippen LogP contribution in [0, 0.1) is 5.92 Å². The summed E-state index contributed by atoms with van der Waals surface area (Å²) in [5.41, 5.74) is -0.629. The van der Waals surface area contributed by atoms with Crippen LogP contribution in [0.2, 0.25) is 0 Å². The molecule has 1 N–H and O–H groups in total. The Morgan fingerprint density at radius 2 is 1.56 bits per heavy atom. The van der Waals surface area contributed by atoms with Gasteiger partial charge in [0.15, 0.2) is 0 Å². The van der Waals surface area contributed by atoms with E-state index in [1.54, 1.807) is 0 Å². The molecule has 0 aromatic heterocycles. The second-order valence-electron chi connectivity index (χ2n) is 5.84. The summed E-state index contributed by atoms with van der Waals surface area (Å²) in [6, 6.07) is 0. The van der Waals surface area contributed by atoms with Crippen LogP contribution in [0.15, 0.2) is 24.3 Å². The minimum absolute atomic E-state index is 0.308. The molecular weight excluding hydrogens is 220 g/mol. The van der Waals surface area contributed by atoms with E-state index in [2.05, 4.69) is 19.1 Å². The van der Waals surface area contributed by atoms with Crippen LogP contribution in [0.3, 0.4) is 0 Å². The van der Waals surface area contributed by atoms with Crippen molar-refractivity contribution < 1.29 is 5.11 Å². The van der Waals surface area contributed by atoms with Gasteiger partial charge in [-0.1, -0.05) is 82.6 Å². The standard InChI is InChI=1S/C17H30O/c1-3-4-5-6-7-8-9-10-13-16-14-11-12-15-17(16,2)18/h11-12,14-16,18H,3-10,13H2,1-2H3. The van der Waals surface area contributed by atoms with Gasteiger partial charge in [-0.25, -0.2) is 0 Å². The monoisotopic (exact) mass is 250 g/mol. The van der Waals surface area contributed by atoms with Crippen LogP contribution in [0.5, 0.6) is 0 Å². The molecule has 18 heavy (non-hydrogen) atoms. The number of hydrogen-bond acceptors (Lipinski definition) is 1. The minimum Gasteiger partial charge on any atom is -0.385 e. The topological polar surface area (TPSA) is 20.2 Å². The molecule has 0 aromatic rings. The molecule has 0 fully saturated rings. The van der Waals surface area contributed by atoms with E-state index in [1.165, 1.54) is 51.4 Å². The molecule has 0 heterocycles. The van der Waals surface area contributed by atoms with Crippen molar-refractivity contribution in [2.75, 3.05) is 0 Å². The zero-order valence-corrected chi connectivity index (χ0v) is 12.2. The van der Waals surface area contributed by atoms with Gasteiger partial charge in [-0.15, -0.1) is 0 Å². The predicted octanol–water partition coefficient (Wildman–Crippen LogP) is 5.01. The molecule has 0 saturated carbocycles. The highest BCUT2D eigenvalue weighted by molar-refractivity contribution is 5.20. The Morgan fingerprint density at radius 3 is 2.17 bits per heavy atom. The Kier molecular flexibility index (Phi) is 7.34. The maximum Gasteiger partial charge on any atom is 0.0865 e. The Hall–Kier alpha value is -0.560. The molecule has 1 rings (SSSR count). The zero-order valence-electron chi connectivity index (χ0n) is 12.2. The van der Waals surface area contributed by atoms with Crippen LogP contribution in [0.1, 0.15) is 71.6 Å². The maximum atomic E-state index is 10.2. The fourth-order valence-electron chi connectivity index (χ4n) is 2.65. The van der Waals surface area contributed by atoms with E-state index >= 15 is 0 Å². The third-order valence-corrected chi connectivity index (χ3v) is 4.01. The molecule has 2 unspecified atom stereocenters. The van der Waals surface area contributed by atoms with Gasteiger partial charge in [0.05, 0.1) is 5.60 Å². The maximum absolute atomic E-state index is 10.2. The lowest BCUT2D eigenvalue weighted by Gasteiger charge is -2.30. The molecule has 0 amide bonds. The molecular formula is C17H30O. The molecule has 0 spiro atoms. The first-order chi connectivity index (χ1) is 8.67. The quantitative estimate of drug-likeness (QED) is 0.570. The Labute approximate surface area is 113 Å². The smallest absolute Gasteiger partial charge is 0.0865 e. The number of allylic oxidation sites excluding steroid dienone is 2. The van der Waals surface area contributed by atoms with Crippen molar-refractivity contribution in [3.63, 3.8) is 0 Å². The molecule has 0 aliphatic heterocycles. The largest absolute Gasteiger partial charge is 0.385 e. The minimum atomic E-state index is -0.629. The van der Waals surface area contributed by atoms with Gasteiger partial charge >= 0.3 is 0 Å². The molecule has 1 heteroatoms. The van der Waals surface area contributed by atoms with Crippen LogP contribution in [-0.2, 0) is 0 Å². The normalized spacial score (nSPS) is 26.7. The Morgan fingerprint density at radius 1 is 0.944 bits per heavy atom. The first kappa shape index (κ1) is 15.5. The number of hydrogen-bond donors (Lipinski definition) is 1. The van der Waals surface area contributed by atoms with Gasteiger partial charge in [0.1, 0.15) is 0 Å². The fraction of sp³-hybridized carbons (Fsp3) is 0.765. The van der Waals surface area contributed by atoms with Crippen molar-refractivity contribution >= 4 is 0 Å². The first-order valence-electron chi connectivity index (χ1n) is 7.75. The molecule has 2 atom stereocenters. The molecule has 104 valence electrons. The van der Waals surface area contributed by atoms with E-state index in [-0.39, 0.29) is 0 Å². The third kappa shape index (κ3) is 5.86. The zero-order chi connectivity index (χ0) is 13.3. The summed E-state index contributed by atoms with van der Waals surface area (Å²) in [6.07, 6.45) is 20.0. The molecule has 0 bridgehead atoms. The third-order valence-electron chi connectivity index (χ3n) is 4.01. The van der Waals surface area contributed by atoms with Gasteiger partial charge < -0.3 is 5.11 Å². The summed E-state index contributed by atoms with van der Waals surface area (Å²) >= 11 is 0. The summed E-state index contributed by atoms with van der Waals surface area (Å²) in [7, 11) is 0. The van der Waals surface area contributed by atoms with E-state index in [0.29, 0.717) is 5.92 Å². The van der Waals surface area contributed by atoms with Crippen molar-refractivity contribution in [3.8, 4) is 0 Å². The van der Waals surface area contributed by atoms with Gasteiger partial charge in [-0.2, -0.15) is 0 Å². The van der Waals surface area contributed by atoms with Crippen LogP contribution in [0.4, 0.5) is 0 Å². The number of rotatable bonds is 9. The second kappa shape index (κ2) is 8.53. The number of aliphatic hydroxyl groups is 1. The average molecular weight is 250 g/mol. The Balaban J connectivity index is 2.01. The van der Waals surface area contributed by atoms with Crippen LogP contribution in [-0.4, -0.2) is 10.7 Å². The molecule has 0 saturated heterocycles. The molecule has 1 nitrogen and oxygen atoms in total. The van der Waals surface area contributed by atoms with Crippen LogP contribution in [0.25, 0.3) is 0 Å². The lowest BCUT2D eigenvalue weighted by atomic mass is 9.82. The molecule has 0 radical (unpaired) electrons. The summed E-state index contributed by atoms with van der Waals surface area (Å²) in [4.78, 5) is 0. The second-order valence-corrected chi connectivity index (χ2v) is 5.84. The average Bonchev–Trinajstić information content (AvgIpc) is 2.34. The van der Waals surface area contributed by atoms with Crippen molar-refractivity contribution in [2.45, 2.75) is 77.2 Å². The van der Waals surface area contributed by atoms with Crippen molar-refractivity contribution in [3.05, 3.63) is 24.3 Å². The molecule has 1 aliphatic carbocycles. The van der Waals surface area contributed by atoms with E-state index in [4.69, 9.17) is 0 Å². The lowest BCUT2D eigenvalue weighted by Crippen LogP contribution is -2.32.